The van der Waals surface area contributed by atoms with Gasteiger partial charge in [0.2, 0.25) is 0 Å². The standard InChI is InChI=1S/C13H17N3O5/c1-4-20-12(18)11(17)15-10-9(7-14)6-8(3)16(10)13(19)21-5-2/h8H,4-6H2,1-3H3,(H,15,17). The summed E-state index contributed by atoms with van der Waals surface area (Å²) in [5.41, 5.74) is 0.202. The van der Waals surface area contributed by atoms with Crippen LogP contribution in [0.25, 0.3) is 0 Å². The minimum absolute atomic E-state index is 0.0264. The highest BCUT2D eigenvalue weighted by atomic mass is 16.6. The third-order valence-electron chi connectivity index (χ3n) is 2.76. The first kappa shape index (κ1) is 16.5. The minimum Gasteiger partial charge on any atom is -0.459 e. The number of nitrogens with one attached hydrogen (secondary N) is 1. The summed E-state index contributed by atoms with van der Waals surface area (Å²) in [6.07, 6.45) is -0.414. The molecule has 0 fully saturated rings. The van der Waals surface area contributed by atoms with Gasteiger partial charge in [0, 0.05) is 12.5 Å². The predicted molar refractivity (Wildman–Crippen MR) is 70.4 cm³/mol. The molecule has 1 heterocycles. The van der Waals surface area contributed by atoms with Crippen molar-refractivity contribution in [1.29, 1.82) is 5.26 Å². The molecule has 0 radical (unpaired) electrons. The van der Waals surface area contributed by atoms with E-state index in [0.29, 0.717) is 0 Å². The van der Waals surface area contributed by atoms with Crippen molar-refractivity contribution in [3.05, 3.63) is 11.4 Å². The Bertz CT molecular complexity index is 520. The van der Waals surface area contributed by atoms with Gasteiger partial charge in [-0.15, -0.1) is 0 Å². The van der Waals surface area contributed by atoms with E-state index in [0.717, 1.165) is 4.90 Å². The largest absolute Gasteiger partial charge is 0.459 e. The Labute approximate surface area is 122 Å². The summed E-state index contributed by atoms with van der Waals surface area (Å²) >= 11 is 0. The SMILES string of the molecule is CCOC(=O)C(=O)NC1=C(C#N)CC(C)N1C(=O)OCC. The number of nitriles is 1. The van der Waals surface area contributed by atoms with Gasteiger partial charge in [0.05, 0.1) is 24.9 Å². The van der Waals surface area contributed by atoms with Crippen molar-refractivity contribution in [3.63, 3.8) is 0 Å². The van der Waals surface area contributed by atoms with Gasteiger partial charge in [-0.3, -0.25) is 9.69 Å². The molecule has 1 N–H and O–H groups in total. The molecule has 1 aliphatic rings. The lowest BCUT2D eigenvalue weighted by molar-refractivity contribution is -0.154. The van der Waals surface area contributed by atoms with Crippen LogP contribution in [0.3, 0.4) is 0 Å². The van der Waals surface area contributed by atoms with Gasteiger partial charge in [0.1, 0.15) is 5.82 Å². The molecule has 0 saturated carbocycles. The lowest BCUT2D eigenvalue weighted by atomic mass is 10.2. The molecule has 1 unspecified atom stereocenters. The normalized spacial score (nSPS) is 17.2. The van der Waals surface area contributed by atoms with Crippen LogP contribution in [0.2, 0.25) is 0 Å². The number of nitrogens with zero attached hydrogens (tertiary/aromatic N) is 2. The average Bonchev–Trinajstić information content (AvgIpc) is 2.75. The Morgan fingerprint density at radius 3 is 2.48 bits per heavy atom. The van der Waals surface area contributed by atoms with Gasteiger partial charge in [-0.25, -0.2) is 9.59 Å². The zero-order chi connectivity index (χ0) is 16.0. The summed E-state index contributed by atoms with van der Waals surface area (Å²) in [7, 11) is 0. The maximum Gasteiger partial charge on any atom is 0.415 e. The molecule has 1 rings (SSSR count). The molecule has 0 aromatic rings. The maximum absolute atomic E-state index is 11.9. The van der Waals surface area contributed by atoms with Crippen molar-refractivity contribution in [3.8, 4) is 6.07 Å². The molecular formula is C13H17N3O5. The van der Waals surface area contributed by atoms with Crippen molar-refractivity contribution >= 4 is 18.0 Å². The molecule has 0 aromatic heterocycles. The van der Waals surface area contributed by atoms with E-state index < -0.39 is 18.0 Å². The fourth-order valence-electron chi connectivity index (χ4n) is 1.90. The molecule has 0 aromatic carbocycles. The van der Waals surface area contributed by atoms with Gasteiger partial charge in [-0.2, -0.15) is 5.26 Å². The van der Waals surface area contributed by atoms with E-state index in [1.54, 1.807) is 20.8 Å². The maximum atomic E-state index is 11.9. The quantitative estimate of drug-likeness (QED) is 0.605. The molecule has 8 heteroatoms. The predicted octanol–water partition coefficient (Wildman–Crippen LogP) is 0.652. The van der Waals surface area contributed by atoms with Gasteiger partial charge < -0.3 is 14.8 Å². The van der Waals surface area contributed by atoms with Crippen molar-refractivity contribution in [2.45, 2.75) is 33.2 Å². The molecule has 0 saturated heterocycles. The molecule has 1 atom stereocenters. The summed E-state index contributed by atoms with van der Waals surface area (Å²) < 4.78 is 9.45. The van der Waals surface area contributed by atoms with Gasteiger partial charge in [0.25, 0.3) is 0 Å². The van der Waals surface area contributed by atoms with Gasteiger partial charge in [-0.1, -0.05) is 0 Å². The van der Waals surface area contributed by atoms with Crippen LogP contribution in [-0.2, 0) is 19.1 Å². The number of esters is 1. The monoisotopic (exact) mass is 295 g/mol. The van der Waals surface area contributed by atoms with Crippen molar-refractivity contribution in [2.24, 2.45) is 0 Å². The second-order valence-electron chi connectivity index (χ2n) is 4.24. The van der Waals surface area contributed by atoms with E-state index in [1.807, 2.05) is 6.07 Å². The van der Waals surface area contributed by atoms with E-state index >= 15 is 0 Å². The van der Waals surface area contributed by atoms with Crippen LogP contribution >= 0.6 is 0 Å². The smallest absolute Gasteiger partial charge is 0.415 e. The van der Waals surface area contributed by atoms with E-state index in [-0.39, 0.29) is 37.1 Å². The van der Waals surface area contributed by atoms with Crippen LogP contribution in [0.5, 0.6) is 0 Å². The first-order valence-corrected chi connectivity index (χ1v) is 6.53. The molecule has 1 aliphatic heterocycles. The molecule has 0 bridgehead atoms. The van der Waals surface area contributed by atoms with Crippen LogP contribution in [0.4, 0.5) is 4.79 Å². The first-order valence-electron chi connectivity index (χ1n) is 6.53. The molecule has 8 nitrogen and oxygen atoms in total. The second kappa shape index (κ2) is 7.28. The molecule has 0 aliphatic carbocycles. The minimum atomic E-state index is -1.08. The molecule has 2 amide bonds. The van der Waals surface area contributed by atoms with Crippen LogP contribution < -0.4 is 5.32 Å². The molecular weight excluding hydrogens is 278 g/mol. The Hall–Kier alpha value is -2.56. The summed E-state index contributed by atoms with van der Waals surface area (Å²) in [6, 6.07) is 1.56. The van der Waals surface area contributed by atoms with Gasteiger partial charge in [0.15, 0.2) is 0 Å². The van der Waals surface area contributed by atoms with Crippen molar-refractivity contribution < 1.29 is 23.9 Å². The van der Waals surface area contributed by atoms with E-state index in [1.165, 1.54) is 0 Å². The fourth-order valence-corrected chi connectivity index (χ4v) is 1.90. The number of carbonyl (C=O) groups is 3. The van der Waals surface area contributed by atoms with Crippen LogP contribution in [0.1, 0.15) is 27.2 Å². The summed E-state index contributed by atoms with van der Waals surface area (Å²) in [6.45, 7) is 5.12. The lowest BCUT2D eigenvalue weighted by Gasteiger charge is -2.24. The highest BCUT2D eigenvalue weighted by Crippen LogP contribution is 2.27. The molecule has 21 heavy (non-hydrogen) atoms. The Morgan fingerprint density at radius 2 is 1.95 bits per heavy atom. The Morgan fingerprint density at radius 1 is 1.33 bits per heavy atom. The van der Waals surface area contributed by atoms with Crippen molar-refractivity contribution in [2.75, 3.05) is 13.2 Å². The van der Waals surface area contributed by atoms with Crippen LogP contribution in [0, 0.1) is 11.3 Å². The Balaban J connectivity index is 2.97. The number of hydrogen-bond donors (Lipinski definition) is 1. The van der Waals surface area contributed by atoms with Crippen molar-refractivity contribution in [1.82, 2.24) is 10.2 Å². The van der Waals surface area contributed by atoms with E-state index in [2.05, 4.69) is 10.1 Å². The number of ether oxygens (including phenoxy) is 2. The Kier molecular flexibility index (Phi) is 5.72. The summed E-state index contributed by atoms with van der Waals surface area (Å²) in [5.74, 6) is -2.14. The highest BCUT2D eigenvalue weighted by molar-refractivity contribution is 6.32. The summed E-state index contributed by atoms with van der Waals surface area (Å²) in [5, 5.41) is 11.3. The van der Waals surface area contributed by atoms with E-state index in [9.17, 15) is 14.4 Å². The average molecular weight is 295 g/mol. The number of carbonyl (C=O) groups excluding carboxylic acids is 3. The lowest BCUT2D eigenvalue weighted by Crippen LogP contribution is -2.43. The van der Waals surface area contributed by atoms with E-state index in [4.69, 9.17) is 10.00 Å². The molecule has 114 valence electrons. The third kappa shape index (κ3) is 3.72. The zero-order valence-corrected chi connectivity index (χ0v) is 12.1. The van der Waals surface area contributed by atoms with Crippen LogP contribution in [0.15, 0.2) is 11.4 Å². The highest BCUT2D eigenvalue weighted by Gasteiger charge is 2.36. The third-order valence-corrected chi connectivity index (χ3v) is 2.76. The number of rotatable bonds is 3. The topological polar surface area (TPSA) is 109 Å². The zero-order valence-electron chi connectivity index (χ0n) is 12.1. The number of amides is 2. The van der Waals surface area contributed by atoms with Crippen LogP contribution in [-0.4, -0.2) is 42.1 Å². The first-order chi connectivity index (χ1) is 9.96. The summed E-state index contributed by atoms with van der Waals surface area (Å²) in [4.78, 5) is 36.1. The fraction of sp³-hybridized carbons (Fsp3) is 0.538. The second-order valence-corrected chi connectivity index (χ2v) is 4.24. The van der Waals surface area contributed by atoms with Gasteiger partial charge in [-0.05, 0) is 20.8 Å². The van der Waals surface area contributed by atoms with Gasteiger partial charge >= 0.3 is 18.0 Å². The number of hydrogen-bond acceptors (Lipinski definition) is 6. The molecule has 0 spiro atoms.